The van der Waals surface area contributed by atoms with E-state index in [0.29, 0.717) is 29.2 Å². The number of nitrogens with two attached hydrogens (primary N) is 1. The molecule has 2 amide bonds. The van der Waals surface area contributed by atoms with E-state index in [-0.39, 0.29) is 23.8 Å². The highest BCUT2D eigenvalue weighted by molar-refractivity contribution is 6.34. The molecule has 0 aliphatic rings. The SMILES string of the molecule is CC(C)CC(=O)Nc1ccc(Cl)c(C(=O)N[C@@H](C)CN)c1. The van der Waals surface area contributed by atoms with Crippen molar-refractivity contribution in [1.29, 1.82) is 0 Å². The molecule has 1 aromatic rings. The van der Waals surface area contributed by atoms with Gasteiger partial charge in [-0.05, 0) is 31.0 Å². The second-order valence-electron chi connectivity index (χ2n) is 5.45. The predicted octanol–water partition coefficient (Wildman–Crippen LogP) is 2.40. The van der Waals surface area contributed by atoms with Gasteiger partial charge in [-0.25, -0.2) is 0 Å². The summed E-state index contributed by atoms with van der Waals surface area (Å²) in [6.45, 7) is 6.08. The molecular formula is C15H22ClN3O2. The van der Waals surface area contributed by atoms with Gasteiger partial charge in [0.05, 0.1) is 10.6 Å². The lowest BCUT2D eigenvalue weighted by Crippen LogP contribution is -2.37. The first-order chi connectivity index (χ1) is 9.83. The second-order valence-corrected chi connectivity index (χ2v) is 5.86. The molecule has 6 heteroatoms. The van der Waals surface area contributed by atoms with Crippen LogP contribution in [0.3, 0.4) is 0 Å². The lowest BCUT2D eigenvalue weighted by Gasteiger charge is -2.13. The van der Waals surface area contributed by atoms with Crippen molar-refractivity contribution in [3.8, 4) is 0 Å². The molecule has 0 aliphatic carbocycles. The quantitative estimate of drug-likeness (QED) is 0.754. The molecule has 116 valence electrons. The van der Waals surface area contributed by atoms with E-state index in [1.807, 2.05) is 13.8 Å². The number of carbonyl (C=O) groups excluding carboxylic acids is 2. The number of rotatable bonds is 6. The molecule has 0 aliphatic heterocycles. The van der Waals surface area contributed by atoms with Gasteiger partial charge in [0.1, 0.15) is 0 Å². The van der Waals surface area contributed by atoms with Crippen molar-refractivity contribution in [3.63, 3.8) is 0 Å². The van der Waals surface area contributed by atoms with E-state index in [1.54, 1.807) is 25.1 Å². The highest BCUT2D eigenvalue weighted by atomic mass is 35.5. The van der Waals surface area contributed by atoms with Crippen LogP contribution in [0, 0.1) is 5.92 Å². The summed E-state index contributed by atoms with van der Waals surface area (Å²) in [6, 6.07) is 4.69. The van der Waals surface area contributed by atoms with E-state index in [0.717, 1.165) is 0 Å². The molecule has 0 saturated heterocycles. The molecule has 1 aromatic carbocycles. The largest absolute Gasteiger partial charge is 0.348 e. The van der Waals surface area contributed by atoms with Gasteiger partial charge in [-0.15, -0.1) is 0 Å². The average Bonchev–Trinajstić information content (AvgIpc) is 2.39. The standard InChI is InChI=1S/C15H22ClN3O2/c1-9(2)6-14(20)19-11-4-5-13(16)12(7-11)15(21)18-10(3)8-17/h4-5,7,9-10H,6,8,17H2,1-3H3,(H,18,21)(H,19,20)/t10-/m0/s1. The molecule has 5 nitrogen and oxygen atoms in total. The second kappa shape index (κ2) is 8.00. The first kappa shape index (κ1) is 17.5. The minimum atomic E-state index is -0.307. The van der Waals surface area contributed by atoms with Crippen LogP contribution in [0.25, 0.3) is 0 Å². The van der Waals surface area contributed by atoms with Crippen molar-refractivity contribution in [2.24, 2.45) is 11.7 Å². The number of nitrogens with one attached hydrogen (secondary N) is 2. The van der Waals surface area contributed by atoms with Crippen molar-refractivity contribution in [3.05, 3.63) is 28.8 Å². The molecule has 0 aromatic heterocycles. The number of carbonyl (C=O) groups is 2. The molecule has 1 atom stereocenters. The normalized spacial score (nSPS) is 12.1. The Balaban J connectivity index is 2.84. The first-order valence-corrected chi connectivity index (χ1v) is 7.31. The van der Waals surface area contributed by atoms with Crippen molar-refractivity contribution in [1.82, 2.24) is 5.32 Å². The Hall–Kier alpha value is -1.59. The molecule has 0 spiro atoms. The minimum absolute atomic E-state index is 0.0889. The fourth-order valence-corrected chi connectivity index (χ4v) is 1.92. The zero-order valence-electron chi connectivity index (χ0n) is 12.6. The zero-order chi connectivity index (χ0) is 16.0. The summed E-state index contributed by atoms with van der Waals surface area (Å²) in [5.74, 6) is -0.127. The van der Waals surface area contributed by atoms with E-state index in [2.05, 4.69) is 10.6 Å². The van der Waals surface area contributed by atoms with Gasteiger partial charge in [0.25, 0.3) is 5.91 Å². The third kappa shape index (κ3) is 5.73. The van der Waals surface area contributed by atoms with Crippen molar-refractivity contribution in [2.45, 2.75) is 33.2 Å². The van der Waals surface area contributed by atoms with Gasteiger partial charge in [0.2, 0.25) is 5.91 Å². The van der Waals surface area contributed by atoms with Gasteiger partial charge in [0.15, 0.2) is 0 Å². The monoisotopic (exact) mass is 311 g/mol. The maximum Gasteiger partial charge on any atom is 0.253 e. The fourth-order valence-electron chi connectivity index (χ4n) is 1.72. The summed E-state index contributed by atoms with van der Waals surface area (Å²) in [4.78, 5) is 23.8. The molecular weight excluding hydrogens is 290 g/mol. The highest BCUT2D eigenvalue weighted by Gasteiger charge is 2.14. The molecule has 0 radical (unpaired) electrons. The lowest BCUT2D eigenvalue weighted by molar-refractivity contribution is -0.116. The van der Waals surface area contributed by atoms with Gasteiger partial charge < -0.3 is 16.4 Å². The number of hydrogen-bond acceptors (Lipinski definition) is 3. The van der Waals surface area contributed by atoms with Crippen LogP contribution in [-0.4, -0.2) is 24.4 Å². The third-order valence-electron chi connectivity index (χ3n) is 2.82. The van der Waals surface area contributed by atoms with E-state index in [9.17, 15) is 9.59 Å². The van der Waals surface area contributed by atoms with Crippen LogP contribution >= 0.6 is 11.6 Å². The maximum atomic E-state index is 12.1. The number of benzene rings is 1. The summed E-state index contributed by atoms with van der Waals surface area (Å²) in [7, 11) is 0. The number of halogens is 1. The Morgan fingerprint density at radius 1 is 1.29 bits per heavy atom. The van der Waals surface area contributed by atoms with Crippen molar-refractivity contribution in [2.75, 3.05) is 11.9 Å². The Labute approximate surface area is 130 Å². The van der Waals surface area contributed by atoms with Crippen LogP contribution in [-0.2, 0) is 4.79 Å². The minimum Gasteiger partial charge on any atom is -0.348 e. The van der Waals surface area contributed by atoms with Crippen molar-refractivity contribution >= 4 is 29.1 Å². The van der Waals surface area contributed by atoms with Gasteiger partial charge in [-0.3, -0.25) is 9.59 Å². The Morgan fingerprint density at radius 2 is 1.95 bits per heavy atom. The van der Waals surface area contributed by atoms with Gasteiger partial charge >= 0.3 is 0 Å². The third-order valence-corrected chi connectivity index (χ3v) is 3.15. The van der Waals surface area contributed by atoms with E-state index >= 15 is 0 Å². The summed E-state index contributed by atoms with van der Waals surface area (Å²) < 4.78 is 0. The highest BCUT2D eigenvalue weighted by Crippen LogP contribution is 2.21. The van der Waals surface area contributed by atoms with Crippen LogP contribution in [0.5, 0.6) is 0 Å². The molecule has 0 heterocycles. The van der Waals surface area contributed by atoms with Crippen LogP contribution in [0.2, 0.25) is 5.02 Å². The smallest absolute Gasteiger partial charge is 0.253 e. The van der Waals surface area contributed by atoms with Gasteiger partial charge in [0, 0.05) is 24.7 Å². The predicted molar refractivity (Wildman–Crippen MR) is 85.5 cm³/mol. The summed E-state index contributed by atoms with van der Waals surface area (Å²) >= 11 is 6.03. The fraction of sp³-hybridized carbons (Fsp3) is 0.467. The number of anilines is 1. The van der Waals surface area contributed by atoms with Crippen LogP contribution < -0.4 is 16.4 Å². The Bertz CT molecular complexity index is 518. The number of hydrogen-bond donors (Lipinski definition) is 3. The van der Waals surface area contributed by atoms with Gasteiger partial charge in [-0.2, -0.15) is 0 Å². The maximum absolute atomic E-state index is 12.1. The topological polar surface area (TPSA) is 84.2 Å². The van der Waals surface area contributed by atoms with E-state index in [4.69, 9.17) is 17.3 Å². The number of amides is 2. The molecule has 0 bridgehead atoms. The first-order valence-electron chi connectivity index (χ1n) is 6.93. The van der Waals surface area contributed by atoms with Crippen LogP contribution in [0.15, 0.2) is 18.2 Å². The Kier molecular flexibility index (Phi) is 6.65. The average molecular weight is 312 g/mol. The van der Waals surface area contributed by atoms with E-state index < -0.39 is 0 Å². The summed E-state index contributed by atoms with van der Waals surface area (Å²) in [6.07, 6.45) is 0.425. The lowest BCUT2D eigenvalue weighted by atomic mass is 10.1. The molecule has 0 fully saturated rings. The molecule has 21 heavy (non-hydrogen) atoms. The van der Waals surface area contributed by atoms with Crippen LogP contribution in [0.1, 0.15) is 37.6 Å². The summed E-state index contributed by atoms with van der Waals surface area (Å²) in [5, 5.41) is 5.83. The Morgan fingerprint density at radius 3 is 2.52 bits per heavy atom. The van der Waals surface area contributed by atoms with Gasteiger partial charge in [-0.1, -0.05) is 25.4 Å². The van der Waals surface area contributed by atoms with E-state index in [1.165, 1.54) is 0 Å². The zero-order valence-corrected chi connectivity index (χ0v) is 13.3. The van der Waals surface area contributed by atoms with Crippen molar-refractivity contribution < 1.29 is 9.59 Å². The molecule has 0 saturated carbocycles. The molecule has 4 N–H and O–H groups in total. The summed E-state index contributed by atoms with van der Waals surface area (Å²) in [5.41, 5.74) is 6.34. The molecule has 0 unspecified atom stereocenters. The van der Waals surface area contributed by atoms with Crippen LogP contribution in [0.4, 0.5) is 5.69 Å². The molecule has 1 rings (SSSR count).